The van der Waals surface area contributed by atoms with Crippen LogP contribution in [0.1, 0.15) is 10.5 Å². The predicted octanol–water partition coefficient (Wildman–Crippen LogP) is 1.44. The van der Waals surface area contributed by atoms with Gasteiger partial charge in [-0.2, -0.15) is 0 Å². The van der Waals surface area contributed by atoms with Crippen LogP contribution in [0, 0.1) is 5.82 Å². The minimum absolute atomic E-state index is 0.00463. The third-order valence-electron chi connectivity index (χ3n) is 1.83. The highest BCUT2D eigenvalue weighted by atomic mass is 35.5. The van der Waals surface area contributed by atoms with Crippen molar-refractivity contribution in [3.63, 3.8) is 0 Å². The SMILES string of the molecule is [B]C(=O)c1ncn2ccc(Cl)c(F)c12. The minimum Gasteiger partial charge on any atom is -0.306 e. The quantitative estimate of drug-likeness (QED) is 0.665. The largest absolute Gasteiger partial charge is 0.306 e. The molecule has 2 aromatic rings. The summed E-state index contributed by atoms with van der Waals surface area (Å²) in [6, 6.07) is 1.37. The molecule has 0 aromatic carbocycles. The molecule has 0 aliphatic carbocycles. The number of pyridine rings is 1. The second-order valence-corrected chi connectivity index (χ2v) is 3.10. The number of hydrogen-bond acceptors (Lipinski definition) is 2. The zero-order chi connectivity index (χ0) is 10.3. The molecule has 2 rings (SSSR count). The van der Waals surface area contributed by atoms with E-state index in [9.17, 15) is 9.18 Å². The second kappa shape index (κ2) is 3.10. The topological polar surface area (TPSA) is 34.4 Å². The van der Waals surface area contributed by atoms with E-state index in [2.05, 4.69) is 4.98 Å². The zero-order valence-corrected chi connectivity index (χ0v) is 7.62. The summed E-state index contributed by atoms with van der Waals surface area (Å²) < 4.78 is 14.8. The Morgan fingerprint density at radius 1 is 1.64 bits per heavy atom. The molecule has 0 N–H and O–H groups in total. The van der Waals surface area contributed by atoms with Crippen LogP contribution in [0.3, 0.4) is 0 Å². The molecular formula is C8H3BClFN2O. The Kier molecular flexibility index (Phi) is 2.04. The summed E-state index contributed by atoms with van der Waals surface area (Å²) in [6.45, 7) is 0. The zero-order valence-electron chi connectivity index (χ0n) is 6.87. The van der Waals surface area contributed by atoms with E-state index in [1.54, 1.807) is 0 Å². The van der Waals surface area contributed by atoms with Crippen molar-refractivity contribution in [2.24, 2.45) is 0 Å². The van der Waals surface area contributed by atoms with Crippen LogP contribution >= 0.6 is 11.6 Å². The van der Waals surface area contributed by atoms with Crippen molar-refractivity contribution in [1.29, 1.82) is 0 Å². The summed E-state index contributed by atoms with van der Waals surface area (Å²) in [7, 11) is 5.02. The van der Waals surface area contributed by atoms with E-state index in [-0.39, 0.29) is 16.2 Å². The Hall–Kier alpha value is -1.36. The van der Waals surface area contributed by atoms with Gasteiger partial charge in [0.25, 0.3) is 0 Å². The summed E-state index contributed by atoms with van der Waals surface area (Å²) in [5, 5.41) is -0.0690. The van der Waals surface area contributed by atoms with Crippen LogP contribution in [0.15, 0.2) is 18.6 Å². The molecule has 0 unspecified atom stereocenters. The van der Waals surface area contributed by atoms with Crippen molar-refractivity contribution < 1.29 is 9.18 Å². The number of hydrogen-bond donors (Lipinski definition) is 0. The van der Waals surface area contributed by atoms with Crippen LogP contribution in [-0.4, -0.2) is 22.9 Å². The van der Waals surface area contributed by atoms with Gasteiger partial charge in [0.05, 0.1) is 5.02 Å². The Balaban J connectivity index is 2.89. The highest BCUT2D eigenvalue weighted by Gasteiger charge is 2.14. The molecule has 0 fully saturated rings. The molecule has 3 nitrogen and oxygen atoms in total. The number of imidazole rings is 1. The smallest absolute Gasteiger partial charge is 0.177 e. The number of nitrogens with zero attached hydrogens (tertiary/aromatic N) is 2. The van der Waals surface area contributed by atoms with Crippen molar-refractivity contribution in [2.75, 3.05) is 0 Å². The average Bonchev–Trinajstić information content (AvgIpc) is 2.55. The van der Waals surface area contributed by atoms with Gasteiger partial charge in [-0.15, -0.1) is 0 Å². The van der Waals surface area contributed by atoms with Gasteiger partial charge in [0.1, 0.15) is 23.2 Å². The van der Waals surface area contributed by atoms with Gasteiger partial charge in [-0.1, -0.05) is 11.6 Å². The van der Waals surface area contributed by atoms with Crippen molar-refractivity contribution in [3.8, 4) is 0 Å². The summed E-state index contributed by atoms with van der Waals surface area (Å²) in [6.07, 6.45) is 2.80. The van der Waals surface area contributed by atoms with Crippen molar-refractivity contribution in [3.05, 3.63) is 35.1 Å². The van der Waals surface area contributed by atoms with Crippen LogP contribution in [0.25, 0.3) is 5.52 Å². The maximum Gasteiger partial charge on any atom is 0.177 e. The van der Waals surface area contributed by atoms with E-state index in [0.717, 1.165) is 0 Å². The molecule has 0 atom stereocenters. The fourth-order valence-electron chi connectivity index (χ4n) is 1.20. The highest BCUT2D eigenvalue weighted by molar-refractivity contribution is 6.62. The minimum atomic E-state index is -0.784. The van der Waals surface area contributed by atoms with Crippen LogP contribution in [0.5, 0.6) is 0 Å². The highest BCUT2D eigenvalue weighted by Crippen LogP contribution is 2.21. The molecule has 0 aliphatic rings. The first-order valence-electron chi connectivity index (χ1n) is 3.71. The maximum absolute atomic E-state index is 13.5. The average molecular weight is 208 g/mol. The Labute approximate surface area is 84.9 Å². The number of carbonyl (C=O) groups excluding carboxylic acids is 1. The van der Waals surface area contributed by atoms with Gasteiger partial charge in [-0.3, -0.25) is 0 Å². The Morgan fingerprint density at radius 3 is 3.00 bits per heavy atom. The number of fused-ring (bicyclic) bond motifs is 1. The van der Waals surface area contributed by atoms with Gasteiger partial charge >= 0.3 is 0 Å². The summed E-state index contributed by atoms with van der Waals surface area (Å²) in [5.74, 6) is -0.694. The molecule has 2 aromatic heterocycles. The van der Waals surface area contributed by atoms with Crippen LogP contribution in [-0.2, 0) is 0 Å². The first-order chi connectivity index (χ1) is 6.61. The number of carbonyl (C=O) groups is 1. The van der Waals surface area contributed by atoms with Gasteiger partial charge in [0.15, 0.2) is 13.7 Å². The van der Waals surface area contributed by atoms with Crippen molar-refractivity contribution >= 4 is 30.6 Å². The Morgan fingerprint density at radius 2 is 2.36 bits per heavy atom. The molecule has 0 aliphatic heterocycles. The molecule has 0 spiro atoms. The monoisotopic (exact) mass is 208 g/mol. The molecule has 14 heavy (non-hydrogen) atoms. The van der Waals surface area contributed by atoms with Crippen molar-refractivity contribution in [1.82, 2.24) is 9.38 Å². The molecule has 0 saturated carbocycles. The normalized spacial score (nSPS) is 10.7. The number of rotatable bonds is 1. The molecule has 0 saturated heterocycles. The lowest BCUT2D eigenvalue weighted by atomic mass is 9.99. The molecular weight excluding hydrogens is 205 g/mol. The lowest BCUT2D eigenvalue weighted by Gasteiger charge is -1.98. The van der Waals surface area contributed by atoms with Gasteiger partial charge in [-0.05, 0) is 6.07 Å². The van der Waals surface area contributed by atoms with Gasteiger partial charge in [0.2, 0.25) is 0 Å². The van der Waals surface area contributed by atoms with Crippen LogP contribution < -0.4 is 0 Å². The van der Waals surface area contributed by atoms with E-state index < -0.39 is 11.5 Å². The third-order valence-corrected chi connectivity index (χ3v) is 2.12. The Bertz CT molecular complexity index is 525. The predicted molar refractivity (Wildman–Crippen MR) is 50.2 cm³/mol. The summed E-state index contributed by atoms with van der Waals surface area (Å²) in [5.41, 5.74) is -0.899. The first-order valence-corrected chi connectivity index (χ1v) is 4.09. The maximum atomic E-state index is 13.5. The van der Waals surface area contributed by atoms with Gasteiger partial charge in [-0.25, -0.2) is 9.37 Å². The fourth-order valence-corrected chi connectivity index (χ4v) is 1.35. The van der Waals surface area contributed by atoms with E-state index in [0.29, 0.717) is 0 Å². The number of halogens is 2. The fraction of sp³-hybridized carbons (Fsp3) is 0. The first kappa shape index (κ1) is 9.21. The lowest BCUT2D eigenvalue weighted by Crippen LogP contribution is -2.00. The van der Waals surface area contributed by atoms with Gasteiger partial charge in [0, 0.05) is 6.20 Å². The molecule has 2 heterocycles. The van der Waals surface area contributed by atoms with E-state index >= 15 is 0 Å². The van der Waals surface area contributed by atoms with Crippen LogP contribution in [0.2, 0.25) is 5.02 Å². The van der Waals surface area contributed by atoms with E-state index in [4.69, 9.17) is 19.4 Å². The van der Waals surface area contributed by atoms with Crippen molar-refractivity contribution in [2.45, 2.75) is 0 Å². The molecule has 2 radical (unpaired) electrons. The van der Waals surface area contributed by atoms with Crippen LogP contribution in [0.4, 0.5) is 4.39 Å². The van der Waals surface area contributed by atoms with E-state index in [1.807, 2.05) is 0 Å². The lowest BCUT2D eigenvalue weighted by molar-refractivity contribution is 0.107. The second-order valence-electron chi connectivity index (χ2n) is 2.69. The third kappa shape index (κ3) is 1.21. The van der Waals surface area contributed by atoms with E-state index in [1.165, 1.54) is 23.0 Å². The molecule has 0 bridgehead atoms. The number of aromatic nitrogens is 2. The standard InChI is InChI=1S/C8H3BClFN2O/c9-8(14)6-7-5(11)4(10)1-2-13(7)3-12-6/h1-3H. The summed E-state index contributed by atoms with van der Waals surface area (Å²) >= 11 is 5.55. The van der Waals surface area contributed by atoms with Gasteiger partial charge < -0.3 is 9.20 Å². The molecule has 0 amide bonds. The molecule has 6 heteroatoms. The summed E-state index contributed by atoms with van der Waals surface area (Å²) in [4.78, 5) is 14.6. The molecule has 68 valence electrons.